The molecule has 176 valence electrons. The maximum absolute atomic E-state index is 13.4. The molecule has 1 atom stereocenters. The Balaban J connectivity index is 1.72. The molecule has 0 saturated carbocycles. The molecule has 35 heavy (non-hydrogen) atoms. The Morgan fingerprint density at radius 3 is 2.40 bits per heavy atom. The Labute approximate surface area is 211 Å². The second-order valence-corrected chi connectivity index (χ2v) is 9.82. The number of methoxy groups -OCH3 is 1. The van der Waals surface area contributed by atoms with E-state index in [-0.39, 0.29) is 11.3 Å². The van der Waals surface area contributed by atoms with Gasteiger partial charge in [0.25, 0.3) is 5.78 Å². The lowest BCUT2D eigenvalue weighted by molar-refractivity contribution is -0.132. The van der Waals surface area contributed by atoms with Crippen LogP contribution in [-0.4, -0.2) is 28.9 Å². The predicted octanol–water partition coefficient (Wildman–Crippen LogP) is 6.20. The zero-order valence-electron chi connectivity index (χ0n) is 19.2. The molecule has 4 aromatic rings. The average Bonchev–Trinajstić information content (AvgIpc) is 3.38. The van der Waals surface area contributed by atoms with Gasteiger partial charge >= 0.3 is 5.91 Å². The predicted molar refractivity (Wildman–Crippen MR) is 138 cm³/mol. The van der Waals surface area contributed by atoms with Crippen LogP contribution in [-0.2, 0) is 9.59 Å². The monoisotopic (exact) mass is 504 g/mol. The van der Waals surface area contributed by atoms with E-state index in [9.17, 15) is 14.7 Å². The van der Waals surface area contributed by atoms with E-state index in [4.69, 9.17) is 21.3 Å². The summed E-state index contributed by atoms with van der Waals surface area (Å²) in [4.78, 5) is 32.8. The molecule has 1 N–H and O–H groups in total. The van der Waals surface area contributed by atoms with Crippen molar-refractivity contribution in [3.63, 3.8) is 0 Å². The van der Waals surface area contributed by atoms with Crippen molar-refractivity contribution in [2.24, 2.45) is 0 Å². The number of hydrogen-bond donors (Lipinski definition) is 1. The van der Waals surface area contributed by atoms with Crippen LogP contribution in [0.4, 0.5) is 5.13 Å². The van der Waals surface area contributed by atoms with Crippen molar-refractivity contribution in [2.75, 3.05) is 12.0 Å². The van der Waals surface area contributed by atoms with Crippen molar-refractivity contribution < 1.29 is 19.4 Å². The highest BCUT2D eigenvalue weighted by molar-refractivity contribution is 7.22. The van der Waals surface area contributed by atoms with Crippen LogP contribution in [0.3, 0.4) is 0 Å². The maximum Gasteiger partial charge on any atom is 0.301 e. The number of aromatic nitrogens is 1. The van der Waals surface area contributed by atoms with E-state index in [1.54, 1.807) is 55.6 Å². The van der Waals surface area contributed by atoms with Gasteiger partial charge in [-0.05, 0) is 73.0 Å². The van der Waals surface area contributed by atoms with Crippen molar-refractivity contribution in [3.05, 3.63) is 93.5 Å². The number of amides is 1. The number of rotatable bonds is 4. The number of ketones is 1. The molecule has 1 saturated heterocycles. The molecular formula is C27H21ClN2O4S. The largest absolute Gasteiger partial charge is 0.507 e. The Morgan fingerprint density at radius 2 is 1.74 bits per heavy atom. The van der Waals surface area contributed by atoms with Gasteiger partial charge in [0.15, 0.2) is 5.13 Å². The van der Waals surface area contributed by atoms with Crippen LogP contribution in [0.25, 0.3) is 16.0 Å². The van der Waals surface area contributed by atoms with Crippen molar-refractivity contribution >= 4 is 55.7 Å². The number of nitrogens with zero attached hydrogens (tertiary/aromatic N) is 2. The molecule has 1 amide bonds. The topological polar surface area (TPSA) is 79.7 Å². The highest BCUT2D eigenvalue weighted by Gasteiger charge is 2.48. The highest BCUT2D eigenvalue weighted by Crippen LogP contribution is 2.45. The molecule has 0 radical (unpaired) electrons. The zero-order chi connectivity index (χ0) is 24.9. The smallest absolute Gasteiger partial charge is 0.301 e. The number of Topliss-reactive ketones (excluding diaryl/α,β-unsaturated/α-hetero) is 1. The Morgan fingerprint density at radius 1 is 1.06 bits per heavy atom. The molecule has 3 aromatic carbocycles. The first-order valence-corrected chi connectivity index (χ1v) is 12.1. The van der Waals surface area contributed by atoms with E-state index < -0.39 is 17.7 Å². The summed E-state index contributed by atoms with van der Waals surface area (Å²) in [7, 11) is 1.54. The van der Waals surface area contributed by atoms with Gasteiger partial charge < -0.3 is 9.84 Å². The molecule has 1 aliphatic heterocycles. The first-order valence-electron chi connectivity index (χ1n) is 10.9. The second kappa shape index (κ2) is 8.83. The van der Waals surface area contributed by atoms with E-state index in [2.05, 4.69) is 0 Å². The number of aliphatic hydroxyl groups is 1. The van der Waals surface area contributed by atoms with Gasteiger partial charge in [0.05, 0.1) is 28.9 Å². The molecule has 1 aromatic heterocycles. The number of thiazole rings is 1. The lowest BCUT2D eigenvalue weighted by Crippen LogP contribution is -2.29. The standard InChI is InChI=1S/C27H21ClN2O4S/c1-14-12-15(2)22-20(13-14)35-27(29-22)30-23(16-4-8-18(28)9-5-16)21(25(32)26(30)33)24(31)17-6-10-19(34-3)11-7-17/h4-13,23,31H,1-3H3/t23-/m1/s1. The fraction of sp³-hybridized carbons (Fsp3) is 0.148. The summed E-state index contributed by atoms with van der Waals surface area (Å²) < 4.78 is 6.11. The second-order valence-electron chi connectivity index (χ2n) is 8.37. The molecule has 0 unspecified atom stereocenters. The van der Waals surface area contributed by atoms with E-state index in [1.807, 2.05) is 26.0 Å². The number of ether oxygens (including phenoxy) is 1. The molecule has 0 bridgehead atoms. The van der Waals surface area contributed by atoms with Gasteiger partial charge in [-0.15, -0.1) is 0 Å². The average molecular weight is 505 g/mol. The number of carbonyl (C=O) groups excluding carboxylic acids is 2. The number of aryl methyl sites for hydroxylation is 2. The van der Waals surface area contributed by atoms with Gasteiger partial charge in [-0.2, -0.15) is 0 Å². The fourth-order valence-electron chi connectivity index (χ4n) is 4.36. The summed E-state index contributed by atoms with van der Waals surface area (Å²) in [5.74, 6) is -1.17. The van der Waals surface area contributed by atoms with E-state index in [0.717, 1.165) is 21.3 Å². The summed E-state index contributed by atoms with van der Waals surface area (Å²) in [6.45, 7) is 3.97. The third-order valence-corrected chi connectivity index (χ3v) is 7.27. The number of benzene rings is 3. The summed E-state index contributed by atoms with van der Waals surface area (Å²) in [5.41, 5.74) is 3.88. The third kappa shape index (κ3) is 3.96. The number of fused-ring (bicyclic) bond motifs is 1. The van der Waals surface area contributed by atoms with Gasteiger partial charge in [0.1, 0.15) is 11.5 Å². The summed E-state index contributed by atoms with van der Waals surface area (Å²) in [6.07, 6.45) is 0. The van der Waals surface area contributed by atoms with Crippen LogP contribution in [0.2, 0.25) is 5.02 Å². The van der Waals surface area contributed by atoms with Crippen molar-refractivity contribution in [2.45, 2.75) is 19.9 Å². The molecule has 1 aliphatic rings. The van der Waals surface area contributed by atoms with Gasteiger partial charge in [0, 0.05) is 10.6 Å². The molecule has 2 heterocycles. The molecule has 6 nitrogen and oxygen atoms in total. The molecular weight excluding hydrogens is 484 g/mol. The fourth-order valence-corrected chi connectivity index (χ4v) is 5.65. The number of carbonyl (C=O) groups is 2. The van der Waals surface area contributed by atoms with Crippen LogP contribution in [0.1, 0.15) is 28.3 Å². The molecule has 0 aliphatic carbocycles. The van der Waals surface area contributed by atoms with Gasteiger partial charge in [-0.1, -0.05) is 41.1 Å². The highest BCUT2D eigenvalue weighted by atomic mass is 35.5. The van der Waals surface area contributed by atoms with Crippen LogP contribution in [0.15, 0.2) is 66.2 Å². The van der Waals surface area contributed by atoms with Crippen molar-refractivity contribution in [3.8, 4) is 5.75 Å². The van der Waals surface area contributed by atoms with Crippen LogP contribution in [0.5, 0.6) is 5.75 Å². The van der Waals surface area contributed by atoms with E-state index >= 15 is 0 Å². The number of halogens is 1. The summed E-state index contributed by atoms with van der Waals surface area (Å²) >= 11 is 7.45. The van der Waals surface area contributed by atoms with Gasteiger partial charge in [0.2, 0.25) is 0 Å². The quantitative estimate of drug-likeness (QED) is 0.203. The Kier molecular flexibility index (Phi) is 5.83. The normalized spacial score (nSPS) is 17.4. The third-order valence-electron chi connectivity index (χ3n) is 6.02. The van der Waals surface area contributed by atoms with Crippen LogP contribution < -0.4 is 9.64 Å². The minimum atomic E-state index is -0.865. The SMILES string of the molecule is COc1ccc(C(O)=C2C(=O)C(=O)N(c3nc4c(C)cc(C)cc4s3)[C@@H]2c2ccc(Cl)cc2)cc1. The molecule has 8 heteroatoms. The van der Waals surface area contributed by atoms with Crippen LogP contribution in [0, 0.1) is 13.8 Å². The molecule has 1 fully saturated rings. The van der Waals surface area contributed by atoms with Gasteiger partial charge in [-0.3, -0.25) is 14.5 Å². The minimum Gasteiger partial charge on any atom is -0.507 e. The van der Waals surface area contributed by atoms with E-state index in [0.29, 0.717) is 27.0 Å². The van der Waals surface area contributed by atoms with Gasteiger partial charge in [-0.25, -0.2) is 4.98 Å². The molecule has 0 spiro atoms. The number of aliphatic hydroxyl groups excluding tert-OH is 1. The first kappa shape index (κ1) is 23.1. The number of anilines is 1. The van der Waals surface area contributed by atoms with Crippen molar-refractivity contribution in [1.29, 1.82) is 0 Å². The number of hydrogen-bond acceptors (Lipinski definition) is 6. The van der Waals surface area contributed by atoms with E-state index in [1.165, 1.54) is 16.2 Å². The Hall–Kier alpha value is -3.68. The zero-order valence-corrected chi connectivity index (χ0v) is 20.8. The maximum atomic E-state index is 13.4. The van der Waals surface area contributed by atoms with Crippen LogP contribution >= 0.6 is 22.9 Å². The lowest BCUT2D eigenvalue weighted by Gasteiger charge is -2.23. The molecule has 5 rings (SSSR count). The first-order chi connectivity index (χ1) is 16.8. The lowest BCUT2D eigenvalue weighted by atomic mass is 9.95. The van der Waals surface area contributed by atoms with Crippen molar-refractivity contribution in [1.82, 2.24) is 4.98 Å². The summed E-state index contributed by atoms with van der Waals surface area (Å²) in [6, 6.07) is 16.7. The minimum absolute atomic E-state index is 0.00496. The summed E-state index contributed by atoms with van der Waals surface area (Å²) in [5, 5.41) is 12.2. The Bertz CT molecular complexity index is 1510.